The Morgan fingerprint density at radius 1 is 1.21 bits per heavy atom. The second kappa shape index (κ2) is 5.52. The molecule has 19 heavy (non-hydrogen) atoms. The highest BCUT2D eigenvalue weighted by molar-refractivity contribution is 5.88. The van der Waals surface area contributed by atoms with Crippen molar-refractivity contribution in [2.45, 2.75) is 19.8 Å². The zero-order valence-electron chi connectivity index (χ0n) is 10.9. The first-order chi connectivity index (χ1) is 9.06. The predicted octanol–water partition coefficient (Wildman–Crippen LogP) is 3.65. The molecule has 0 unspecified atom stereocenters. The number of hydrogen-bond acceptors (Lipinski definition) is 3. The van der Waals surface area contributed by atoms with Crippen LogP contribution in [0.5, 0.6) is 0 Å². The number of anilines is 2. The van der Waals surface area contributed by atoms with E-state index < -0.39 is 5.97 Å². The van der Waals surface area contributed by atoms with Crippen LogP contribution >= 0.6 is 0 Å². The minimum Gasteiger partial charge on any atom is -0.478 e. The Hall–Kier alpha value is -2.36. The lowest BCUT2D eigenvalue weighted by Crippen LogP contribution is -2.00. The zero-order valence-corrected chi connectivity index (χ0v) is 10.9. The van der Waals surface area contributed by atoms with Gasteiger partial charge in [0.25, 0.3) is 0 Å². The third-order valence-electron chi connectivity index (χ3n) is 2.86. The third kappa shape index (κ3) is 3.31. The van der Waals surface area contributed by atoms with Crippen molar-refractivity contribution < 1.29 is 9.90 Å². The van der Waals surface area contributed by atoms with Gasteiger partial charge in [-0.05, 0) is 35.7 Å². The second-order valence-electron chi connectivity index (χ2n) is 4.64. The van der Waals surface area contributed by atoms with E-state index in [0.29, 0.717) is 11.7 Å². The molecule has 0 fully saturated rings. The highest BCUT2D eigenvalue weighted by Gasteiger charge is 2.04. The largest absolute Gasteiger partial charge is 0.478 e. The van der Waals surface area contributed by atoms with Crippen LogP contribution in [0.2, 0.25) is 0 Å². The number of benzene rings is 1. The van der Waals surface area contributed by atoms with Crippen LogP contribution in [-0.2, 0) is 0 Å². The molecule has 1 aromatic heterocycles. The molecular formula is C15H16N2O2. The van der Waals surface area contributed by atoms with E-state index in [4.69, 9.17) is 5.11 Å². The fourth-order valence-electron chi connectivity index (χ4n) is 1.73. The molecule has 1 heterocycles. The Kier molecular flexibility index (Phi) is 3.80. The quantitative estimate of drug-likeness (QED) is 0.876. The van der Waals surface area contributed by atoms with Gasteiger partial charge in [-0.3, -0.25) is 0 Å². The molecule has 98 valence electrons. The van der Waals surface area contributed by atoms with E-state index in [1.54, 1.807) is 0 Å². The van der Waals surface area contributed by atoms with Crippen LogP contribution in [0.15, 0.2) is 42.6 Å². The van der Waals surface area contributed by atoms with Gasteiger partial charge in [-0.15, -0.1) is 0 Å². The molecule has 1 aromatic carbocycles. The Labute approximate surface area is 112 Å². The molecular weight excluding hydrogens is 240 g/mol. The number of carbonyl (C=O) groups is 1. The molecule has 0 spiro atoms. The van der Waals surface area contributed by atoms with E-state index in [0.717, 1.165) is 5.69 Å². The van der Waals surface area contributed by atoms with E-state index in [1.807, 2.05) is 24.3 Å². The van der Waals surface area contributed by atoms with Crippen molar-refractivity contribution in [1.29, 1.82) is 0 Å². The maximum Gasteiger partial charge on any atom is 0.335 e. The van der Waals surface area contributed by atoms with Crippen molar-refractivity contribution in [1.82, 2.24) is 4.98 Å². The van der Waals surface area contributed by atoms with Crippen molar-refractivity contribution in [2.75, 3.05) is 5.32 Å². The van der Waals surface area contributed by atoms with Crippen LogP contribution in [0.25, 0.3) is 0 Å². The maximum atomic E-state index is 10.9. The zero-order chi connectivity index (χ0) is 13.8. The minimum atomic E-state index is -0.958. The molecule has 0 bridgehead atoms. The third-order valence-corrected chi connectivity index (χ3v) is 2.86. The number of carboxylic acid groups (broad SMARTS) is 1. The topological polar surface area (TPSA) is 62.2 Å². The molecule has 0 aliphatic heterocycles. The standard InChI is InChI=1S/C15H16N2O2/c1-10(2)11-3-5-13(6-4-11)17-14-9-12(15(18)19)7-8-16-14/h3-10H,1-2H3,(H,16,17)(H,18,19). The first-order valence-corrected chi connectivity index (χ1v) is 6.12. The van der Waals surface area contributed by atoms with Crippen LogP contribution < -0.4 is 5.32 Å². The number of hydrogen-bond donors (Lipinski definition) is 2. The van der Waals surface area contributed by atoms with Gasteiger partial charge in [0.05, 0.1) is 5.56 Å². The predicted molar refractivity (Wildman–Crippen MR) is 75.0 cm³/mol. The molecule has 4 nitrogen and oxygen atoms in total. The maximum absolute atomic E-state index is 10.9. The Bertz CT molecular complexity index is 577. The van der Waals surface area contributed by atoms with Gasteiger partial charge in [0.2, 0.25) is 0 Å². The van der Waals surface area contributed by atoms with Crippen molar-refractivity contribution in [3.8, 4) is 0 Å². The van der Waals surface area contributed by atoms with Gasteiger partial charge in [0.15, 0.2) is 0 Å². The van der Waals surface area contributed by atoms with Crippen LogP contribution in [0.3, 0.4) is 0 Å². The lowest BCUT2D eigenvalue weighted by molar-refractivity contribution is 0.0697. The van der Waals surface area contributed by atoms with Crippen LogP contribution in [-0.4, -0.2) is 16.1 Å². The van der Waals surface area contributed by atoms with Crippen LogP contribution in [0, 0.1) is 0 Å². The lowest BCUT2D eigenvalue weighted by atomic mass is 10.0. The summed E-state index contributed by atoms with van der Waals surface area (Å²) in [5.74, 6) is 0.0558. The second-order valence-corrected chi connectivity index (χ2v) is 4.64. The summed E-state index contributed by atoms with van der Waals surface area (Å²) in [6, 6.07) is 11.0. The van der Waals surface area contributed by atoms with Crippen molar-refractivity contribution >= 4 is 17.5 Å². The van der Waals surface area contributed by atoms with E-state index >= 15 is 0 Å². The number of pyridine rings is 1. The highest BCUT2D eigenvalue weighted by Crippen LogP contribution is 2.20. The molecule has 0 saturated heterocycles. The fourth-order valence-corrected chi connectivity index (χ4v) is 1.73. The molecule has 0 aliphatic rings. The van der Waals surface area contributed by atoms with E-state index in [9.17, 15) is 4.79 Å². The number of aromatic carboxylic acids is 1. The molecule has 0 amide bonds. The molecule has 0 atom stereocenters. The average molecular weight is 256 g/mol. The summed E-state index contributed by atoms with van der Waals surface area (Å²) in [6.07, 6.45) is 1.48. The minimum absolute atomic E-state index is 0.219. The molecule has 0 aliphatic carbocycles. The molecule has 2 N–H and O–H groups in total. The number of nitrogens with zero attached hydrogens (tertiary/aromatic N) is 1. The molecule has 0 radical (unpaired) electrons. The summed E-state index contributed by atoms with van der Waals surface area (Å²) in [7, 11) is 0. The number of aromatic nitrogens is 1. The van der Waals surface area contributed by atoms with Crippen molar-refractivity contribution in [3.05, 3.63) is 53.7 Å². The SMILES string of the molecule is CC(C)c1ccc(Nc2cc(C(=O)O)ccn2)cc1. The summed E-state index contributed by atoms with van der Waals surface area (Å²) >= 11 is 0. The smallest absolute Gasteiger partial charge is 0.335 e. The molecule has 2 aromatic rings. The van der Waals surface area contributed by atoms with Gasteiger partial charge < -0.3 is 10.4 Å². The lowest BCUT2D eigenvalue weighted by Gasteiger charge is -2.09. The van der Waals surface area contributed by atoms with Gasteiger partial charge in [0.1, 0.15) is 5.82 Å². The molecule has 2 rings (SSSR count). The average Bonchev–Trinajstić information content (AvgIpc) is 2.39. The summed E-state index contributed by atoms with van der Waals surface area (Å²) < 4.78 is 0. The highest BCUT2D eigenvalue weighted by atomic mass is 16.4. The van der Waals surface area contributed by atoms with Gasteiger partial charge in [-0.2, -0.15) is 0 Å². The van der Waals surface area contributed by atoms with Crippen LogP contribution in [0.1, 0.15) is 35.7 Å². The fraction of sp³-hybridized carbons (Fsp3) is 0.200. The first kappa shape index (κ1) is 13.1. The Morgan fingerprint density at radius 2 is 1.89 bits per heavy atom. The first-order valence-electron chi connectivity index (χ1n) is 6.12. The molecule has 4 heteroatoms. The van der Waals surface area contributed by atoms with Crippen molar-refractivity contribution in [2.24, 2.45) is 0 Å². The van der Waals surface area contributed by atoms with E-state index in [2.05, 4.69) is 24.1 Å². The number of rotatable bonds is 4. The number of carboxylic acids is 1. The summed E-state index contributed by atoms with van der Waals surface area (Å²) in [6.45, 7) is 4.28. The Morgan fingerprint density at radius 3 is 2.47 bits per heavy atom. The van der Waals surface area contributed by atoms with Gasteiger partial charge >= 0.3 is 5.97 Å². The normalized spacial score (nSPS) is 10.5. The van der Waals surface area contributed by atoms with Gasteiger partial charge in [0, 0.05) is 11.9 Å². The van der Waals surface area contributed by atoms with E-state index in [-0.39, 0.29) is 5.56 Å². The van der Waals surface area contributed by atoms with E-state index in [1.165, 1.54) is 23.9 Å². The van der Waals surface area contributed by atoms with Gasteiger partial charge in [-0.1, -0.05) is 26.0 Å². The Balaban J connectivity index is 2.16. The summed E-state index contributed by atoms with van der Waals surface area (Å²) in [5.41, 5.74) is 2.37. The summed E-state index contributed by atoms with van der Waals surface area (Å²) in [4.78, 5) is 15.0. The van der Waals surface area contributed by atoms with Crippen LogP contribution in [0.4, 0.5) is 11.5 Å². The van der Waals surface area contributed by atoms with Gasteiger partial charge in [-0.25, -0.2) is 9.78 Å². The molecule has 0 saturated carbocycles. The number of nitrogens with one attached hydrogen (secondary N) is 1. The summed E-state index contributed by atoms with van der Waals surface area (Å²) in [5, 5.41) is 12.0. The monoisotopic (exact) mass is 256 g/mol. The van der Waals surface area contributed by atoms with Crippen molar-refractivity contribution in [3.63, 3.8) is 0 Å².